The van der Waals surface area contributed by atoms with Crippen molar-refractivity contribution in [1.29, 1.82) is 0 Å². The molecule has 3 atom stereocenters. The van der Waals surface area contributed by atoms with Crippen LogP contribution in [0.15, 0.2) is 36.4 Å². The van der Waals surface area contributed by atoms with E-state index in [-0.39, 0.29) is 44.6 Å². The number of ether oxygens (including phenoxy) is 1. The van der Waals surface area contributed by atoms with E-state index in [1.54, 1.807) is 33.9 Å². The summed E-state index contributed by atoms with van der Waals surface area (Å²) in [6, 6.07) is 9.05. The molecule has 0 bridgehead atoms. The van der Waals surface area contributed by atoms with Gasteiger partial charge < -0.3 is 38.9 Å². The van der Waals surface area contributed by atoms with Crippen LogP contribution in [0, 0.1) is 0 Å². The van der Waals surface area contributed by atoms with Crippen molar-refractivity contribution in [3.05, 3.63) is 42.1 Å². The largest absolute Gasteiger partial charge is 0.465 e. The number of rotatable bonds is 12. The van der Waals surface area contributed by atoms with Gasteiger partial charge in [-0.25, -0.2) is 14.8 Å². The van der Waals surface area contributed by atoms with Crippen LogP contribution < -0.4 is 10.2 Å². The second-order valence-corrected chi connectivity index (χ2v) is 12.8. The number of nitrogens with one attached hydrogen (secondary N) is 1. The summed E-state index contributed by atoms with van der Waals surface area (Å²) in [7, 11) is -2.13. The molecule has 3 heterocycles. The Kier molecular flexibility index (Phi) is 11.3. The van der Waals surface area contributed by atoms with Crippen molar-refractivity contribution in [3.8, 4) is 11.4 Å². The lowest BCUT2D eigenvalue weighted by molar-refractivity contribution is -0.135. The van der Waals surface area contributed by atoms with Crippen LogP contribution in [-0.4, -0.2) is 120 Å². The Morgan fingerprint density at radius 2 is 1.77 bits per heavy atom. The Hall–Kier alpha value is -3.58. The summed E-state index contributed by atoms with van der Waals surface area (Å²) < 4.78 is 30.0. The number of carbonyl (C=O) groups excluding carboxylic acids is 2. The first-order chi connectivity index (χ1) is 21.1. The van der Waals surface area contributed by atoms with Crippen LogP contribution in [0.4, 0.5) is 10.6 Å². The number of piperazine rings is 1. The highest BCUT2D eigenvalue weighted by molar-refractivity contribution is 7.54. The topological polar surface area (TPSA) is 164 Å². The Morgan fingerprint density at radius 1 is 1.07 bits per heavy atom. The maximum absolute atomic E-state index is 13.9. The highest BCUT2D eigenvalue weighted by Crippen LogP contribution is 2.48. The van der Waals surface area contributed by atoms with Crippen molar-refractivity contribution in [1.82, 2.24) is 25.1 Å². The number of amides is 3. The van der Waals surface area contributed by atoms with E-state index in [4.69, 9.17) is 18.8 Å². The van der Waals surface area contributed by atoms with E-state index in [2.05, 4.69) is 10.3 Å². The van der Waals surface area contributed by atoms with Crippen LogP contribution in [0.2, 0.25) is 0 Å². The van der Waals surface area contributed by atoms with E-state index in [1.807, 2.05) is 35.2 Å². The van der Waals surface area contributed by atoms with Gasteiger partial charge in [-0.15, -0.1) is 0 Å². The van der Waals surface area contributed by atoms with Gasteiger partial charge >= 0.3 is 13.7 Å². The van der Waals surface area contributed by atoms with Gasteiger partial charge in [0.2, 0.25) is 5.91 Å². The fourth-order valence-electron chi connectivity index (χ4n) is 5.40. The first kappa shape index (κ1) is 33.3. The van der Waals surface area contributed by atoms with E-state index < -0.39 is 43.7 Å². The minimum atomic E-state index is -3.79. The quantitative estimate of drug-likeness (QED) is 0.331. The van der Waals surface area contributed by atoms with Crippen LogP contribution in [-0.2, 0) is 23.1 Å². The molecule has 240 valence electrons. The molecule has 15 heteroatoms. The summed E-state index contributed by atoms with van der Waals surface area (Å²) in [6.45, 7) is 6.77. The highest BCUT2D eigenvalue weighted by atomic mass is 31.2. The number of carbonyl (C=O) groups is 3. The molecule has 1 aromatic heterocycles. The van der Waals surface area contributed by atoms with Gasteiger partial charge in [0.25, 0.3) is 5.91 Å². The Morgan fingerprint density at radius 3 is 2.36 bits per heavy atom. The van der Waals surface area contributed by atoms with E-state index >= 15 is 0 Å². The minimum Gasteiger partial charge on any atom is -0.465 e. The van der Waals surface area contributed by atoms with Crippen LogP contribution in [0.3, 0.4) is 0 Å². The first-order valence-corrected chi connectivity index (χ1v) is 16.5. The average molecular weight is 633 g/mol. The smallest absolute Gasteiger partial charge is 0.407 e. The lowest BCUT2D eigenvalue weighted by Crippen LogP contribution is -2.59. The average Bonchev–Trinajstić information content (AvgIpc) is 3.50. The number of carboxylic acid groups (broad SMARTS) is 1. The van der Waals surface area contributed by atoms with E-state index in [9.17, 15) is 24.1 Å². The summed E-state index contributed by atoms with van der Waals surface area (Å²) >= 11 is 0. The fraction of sp³-hybridized carbons (Fsp3) is 0.552. The third-order valence-corrected chi connectivity index (χ3v) is 9.74. The summed E-state index contributed by atoms with van der Waals surface area (Å²) in [4.78, 5) is 53.3. The van der Waals surface area contributed by atoms with Crippen molar-refractivity contribution < 1.29 is 37.8 Å². The van der Waals surface area contributed by atoms with Gasteiger partial charge in [0, 0.05) is 57.5 Å². The van der Waals surface area contributed by atoms with Gasteiger partial charge in [-0.05, 0) is 27.2 Å². The van der Waals surface area contributed by atoms with Gasteiger partial charge in [-0.3, -0.25) is 14.2 Å². The molecule has 2 aliphatic rings. The van der Waals surface area contributed by atoms with Crippen LogP contribution in [0.5, 0.6) is 0 Å². The Bertz CT molecular complexity index is 1350. The van der Waals surface area contributed by atoms with Crippen LogP contribution in [0.1, 0.15) is 37.7 Å². The molecule has 0 aliphatic carbocycles. The molecule has 0 spiro atoms. The fourth-order valence-corrected chi connectivity index (χ4v) is 7.16. The lowest BCUT2D eigenvalue weighted by atomic mass is 10.1. The zero-order chi connectivity index (χ0) is 31.9. The summed E-state index contributed by atoms with van der Waals surface area (Å²) in [5, 5.41) is 12.2. The molecule has 0 radical (unpaired) electrons. The molecule has 1 aromatic carbocycles. The summed E-state index contributed by atoms with van der Waals surface area (Å²) in [5.74, 6) is -0.303. The molecular formula is C29H41N6O8P. The molecule has 2 aliphatic heterocycles. The van der Waals surface area contributed by atoms with Crippen molar-refractivity contribution >= 4 is 31.3 Å². The summed E-state index contributed by atoms with van der Waals surface area (Å²) in [6.07, 6.45) is -0.649. The molecular weight excluding hydrogens is 591 g/mol. The zero-order valence-corrected chi connectivity index (χ0v) is 26.4. The molecule has 2 fully saturated rings. The normalized spacial score (nSPS) is 19.6. The lowest BCUT2D eigenvalue weighted by Gasteiger charge is -2.39. The maximum Gasteiger partial charge on any atom is 0.407 e. The molecule has 2 N–H and O–H groups in total. The molecule has 1 unspecified atom stereocenters. The van der Waals surface area contributed by atoms with Gasteiger partial charge in [0.15, 0.2) is 5.82 Å². The minimum absolute atomic E-state index is 0.0271. The second-order valence-electron chi connectivity index (χ2n) is 10.7. The predicted octanol–water partition coefficient (Wildman–Crippen LogP) is 2.94. The van der Waals surface area contributed by atoms with Gasteiger partial charge in [0.05, 0.1) is 25.5 Å². The number of hydrogen-bond donors (Lipinski definition) is 2. The van der Waals surface area contributed by atoms with Crippen molar-refractivity contribution in [3.63, 3.8) is 0 Å². The van der Waals surface area contributed by atoms with Crippen LogP contribution in [0.25, 0.3) is 11.4 Å². The molecule has 44 heavy (non-hydrogen) atoms. The Labute approximate surface area is 257 Å². The number of anilines is 1. The number of nitrogens with zero attached hydrogens (tertiary/aromatic N) is 5. The van der Waals surface area contributed by atoms with Gasteiger partial charge in [0.1, 0.15) is 17.6 Å². The van der Waals surface area contributed by atoms with Crippen molar-refractivity contribution in [2.75, 3.05) is 64.1 Å². The van der Waals surface area contributed by atoms with E-state index in [0.29, 0.717) is 30.3 Å². The van der Waals surface area contributed by atoms with E-state index in [0.717, 1.165) is 6.42 Å². The maximum atomic E-state index is 13.9. The molecule has 2 aromatic rings. The standard InChI is InChI=1S/C29H41N6O8P/c1-5-42-44(40,43-6-2)19-24(28(37)34-14-15-35(29(38)39)20(3)17-34)31-27(36)23-16-25(33-13-12-22(18-33)41-4)32-26(30-23)21-10-8-7-9-11-21/h7-11,16,20,22,24H,5-6,12-15,17-19H2,1-4H3,(H,31,36)(H,38,39)/t20?,22-,24-/m0/s1. The number of methoxy groups -OCH3 is 1. The highest BCUT2D eigenvalue weighted by Gasteiger charge is 2.39. The molecule has 3 amide bonds. The monoisotopic (exact) mass is 632 g/mol. The predicted molar refractivity (Wildman–Crippen MR) is 163 cm³/mol. The number of aromatic nitrogens is 2. The number of benzene rings is 1. The van der Waals surface area contributed by atoms with E-state index in [1.165, 1.54) is 9.80 Å². The van der Waals surface area contributed by atoms with Gasteiger partial charge in [-0.1, -0.05) is 30.3 Å². The zero-order valence-electron chi connectivity index (χ0n) is 25.5. The first-order valence-electron chi connectivity index (χ1n) is 14.8. The number of hydrogen-bond acceptors (Lipinski definition) is 10. The summed E-state index contributed by atoms with van der Waals surface area (Å²) in [5.41, 5.74) is 0.736. The Balaban J connectivity index is 1.66. The second kappa shape index (κ2) is 14.9. The molecule has 2 saturated heterocycles. The molecule has 14 nitrogen and oxygen atoms in total. The third kappa shape index (κ3) is 8.12. The third-order valence-electron chi connectivity index (χ3n) is 7.63. The SMILES string of the molecule is CCOP(=O)(C[C@H](NC(=O)c1cc(N2CC[C@H](OC)C2)nc(-c2ccccc2)n1)C(=O)N1CCN(C(=O)O)C(C)C1)OCC. The molecule has 0 saturated carbocycles. The van der Waals surface area contributed by atoms with Crippen molar-refractivity contribution in [2.45, 2.75) is 45.4 Å². The van der Waals surface area contributed by atoms with Gasteiger partial charge in [-0.2, -0.15) is 0 Å². The van der Waals surface area contributed by atoms with Crippen LogP contribution >= 0.6 is 7.60 Å². The van der Waals surface area contributed by atoms with Crippen molar-refractivity contribution in [2.24, 2.45) is 0 Å². The molecule has 4 rings (SSSR count).